The van der Waals surface area contributed by atoms with E-state index < -0.39 is 12.1 Å². The number of ether oxygens (including phenoxy) is 1. The number of alkyl carbamates (subject to hydrolysis) is 1. The molecule has 0 heterocycles. The van der Waals surface area contributed by atoms with Crippen LogP contribution in [0.2, 0.25) is 0 Å². The maximum Gasteiger partial charge on any atom is 0.407 e. The molecule has 0 aliphatic heterocycles. The van der Waals surface area contributed by atoms with Crippen LogP contribution in [0, 0.1) is 5.92 Å². The van der Waals surface area contributed by atoms with Crippen molar-refractivity contribution in [2.45, 2.75) is 76.8 Å². The maximum absolute atomic E-state index is 13.0. The van der Waals surface area contributed by atoms with E-state index in [1.807, 2.05) is 45.0 Å². The molecule has 0 bridgehead atoms. The van der Waals surface area contributed by atoms with Crippen molar-refractivity contribution in [2.24, 2.45) is 5.92 Å². The van der Waals surface area contributed by atoms with Crippen LogP contribution in [0.25, 0.3) is 11.1 Å². The molecule has 2 aliphatic rings. The molecule has 2 aromatic rings. The quantitative estimate of drug-likeness (QED) is 0.589. The molecule has 0 aromatic heterocycles. The number of amides is 2. The first-order chi connectivity index (χ1) is 15.8. The summed E-state index contributed by atoms with van der Waals surface area (Å²) in [5.41, 5.74) is 4.39. The molecule has 5 heteroatoms. The Morgan fingerprint density at radius 2 is 1.52 bits per heavy atom. The molecule has 2 amide bonds. The van der Waals surface area contributed by atoms with Gasteiger partial charge in [0.1, 0.15) is 12.6 Å². The largest absolute Gasteiger partial charge is 0.449 e. The zero-order valence-corrected chi connectivity index (χ0v) is 20.0. The summed E-state index contributed by atoms with van der Waals surface area (Å²) in [5, 5.41) is 5.91. The first-order valence-corrected chi connectivity index (χ1v) is 12.3. The summed E-state index contributed by atoms with van der Waals surface area (Å²) in [6.45, 7) is 6.11. The Morgan fingerprint density at radius 1 is 0.939 bits per heavy atom. The highest BCUT2D eigenvalue weighted by molar-refractivity contribution is 5.86. The molecule has 1 atom stereocenters. The average molecular weight is 449 g/mol. The highest BCUT2D eigenvalue weighted by atomic mass is 16.5. The summed E-state index contributed by atoms with van der Waals surface area (Å²) < 4.78 is 5.71. The van der Waals surface area contributed by atoms with Crippen LogP contribution in [0.4, 0.5) is 4.79 Å². The number of hydrogen-bond donors (Lipinski definition) is 2. The fourth-order valence-corrected chi connectivity index (χ4v) is 5.23. The third-order valence-corrected chi connectivity index (χ3v) is 6.74. The Morgan fingerprint density at radius 3 is 2.09 bits per heavy atom. The summed E-state index contributed by atoms with van der Waals surface area (Å²) in [7, 11) is 0. The number of nitrogens with one attached hydrogen (secondary N) is 2. The van der Waals surface area contributed by atoms with E-state index in [4.69, 9.17) is 4.74 Å². The molecule has 0 radical (unpaired) electrons. The lowest BCUT2D eigenvalue weighted by molar-refractivity contribution is -0.125. The molecular weight excluding hydrogens is 412 g/mol. The van der Waals surface area contributed by atoms with Crippen molar-refractivity contribution in [3.8, 4) is 11.1 Å². The monoisotopic (exact) mass is 448 g/mol. The molecule has 33 heavy (non-hydrogen) atoms. The van der Waals surface area contributed by atoms with Crippen molar-refractivity contribution in [3.63, 3.8) is 0 Å². The Bertz CT molecular complexity index is 943. The number of hydrogen-bond acceptors (Lipinski definition) is 3. The van der Waals surface area contributed by atoms with Crippen LogP contribution in [0.15, 0.2) is 48.5 Å². The number of fused-ring (bicyclic) bond motifs is 3. The van der Waals surface area contributed by atoms with Gasteiger partial charge in [0.05, 0.1) is 0 Å². The van der Waals surface area contributed by atoms with E-state index in [0.29, 0.717) is 12.3 Å². The number of rotatable bonds is 6. The maximum atomic E-state index is 13.0. The van der Waals surface area contributed by atoms with E-state index in [0.717, 1.165) is 12.8 Å². The molecule has 2 aromatic carbocycles. The van der Waals surface area contributed by atoms with Crippen molar-refractivity contribution >= 4 is 12.0 Å². The molecule has 176 valence electrons. The standard InChI is InChI=1S/C28H36N2O3/c1-28(2,3)30-26(31)25(17-19-11-5-4-6-12-19)29-27(32)33-18-24-22-15-9-7-13-20(22)21-14-8-10-16-23(21)24/h7-10,13-16,19,24-25H,4-6,11-12,17-18H2,1-3H3,(H,29,32)(H,30,31)/t25-/m0/s1. The predicted molar refractivity (Wildman–Crippen MR) is 131 cm³/mol. The van der Waals surface area contributed by atoms with Crippen LogP contribution < -0.4 is 10.6 Å². The van der Waals surface area contributed by atoms with Crippen molar-refractivity contribution in [1.29, 1.82) is 0 Å². The fourth-order valence-electron chi connectivity index (χ4n) is 5.23. The van der Waals surface area contributed by atoms with Crippen LogP contribution in [0.1, 0.15) is 76.3 Å². The Kier molecular flexibility index (Phi) is 7.06. The fraction of sp³-hybridized carbons (Fsp3) is 0.500. The van der Waals surface area contributed by atoms with Gasteiger partial charge in [-0.1, -0.05) is 80.6 Å². The number of benzene rings is 2. The van der Waals surface area contributed by atoms with Crippen LogP contribution in [0.3, 0.4) is 0 Å². The highest BCUT2D eigenvalue weighted by Crippen LogP contribution is 2.44. The Hall–Kier alpha value is -2.82. The Balaban J connectivity index is 1.42. The summed E-state index contributed by atoms with van der Waals surface area (Å²) in [4.78, 5) is 25.8. The number of carbonyl (C=O) groups is 2. The zero-order valence-electron chi connectivity index (χ0n) is 20.0. The van der Waals surface area contributed by atoms with E-state index in [1.54, 1.807) is 0 Å². The first-order valence-electron chi connectivity index (χ1n) is 12.3. The minimum absolute atomic E-state index is 0.00310. The van der Waals surface area contributed by atoms with Gasteiger partial charge < -0.3 is 15.4 Å². The summed E-state index contributed by atoms with van der Waals surface area (Å²) in [5.74, 6) is 0.327. The topological polar surface area (TPSA) is 67.4 Å². The van der Waals surface area contributed by atoms with Gasteiger partial charge in [0, 0.05) is 11.5 Å². The van der Waals surface area contributed by atoms with Crippen molar-refractivity contribution in [3.05, 3.63) is 59.7 Å². The molecule has 0 spiro atoms. The smallest absolute Gasteiger partial charge is 0.407 e. The molecule has 0 unspecified atom stereocenters. The summed E-state index contributed by atoms with van der Waals surface area (Å²) in [6, 6.07) is 16.0. The normalized spacial score (nSPS) is 17.1. The molecule has 2 N–H and O–H groups in total. The average Bonchev–Trinajstić information content (AvgIpc) is 3.11. The predicted octanol–water partition coefficient (Wildman–Crippen LogP) is 5.78. The van der Waals surface area contributed by atoms with E-state index in [1.165, 1.54) is 41.5 Å². The van der Waals surface area contributed by atoms with Gasteiger partial charge in [-0.3, -0.25) is 4.79 Å². The van der Waals surface area contributed by atoms with Gasteiger partial charge in [-0.05, 0) is 55.4 Å². The third-order valence-electron chi connectivity index (χ3n) is 6.74. The second-order valence-electron chi connectivity index (χ2n) is 10.5. The van der Waals surface area contributed by atoms with E-state index >= 15 is 0 Å². The highest BCUT2D eigenvalue weighted by Gasteiger charge is 2.31. The van der Waals surface area contributed by atoms with Gasteiger partial charge in [-0.2, -0.15) is 0 Å². The minimum Gasteiger partial charge on any atom is -0.449 e. The minimum atomic E-state index is -0.581. The van der Waals surface area contributed by atoms with Crippen molar-refractivity contribution < 1.29 is 14.3 Å². The summed E-state index contributed by atoms with van der Waals surface area (Å²) in [6.07, 6.45) is 6.02. The lowest BCUT2D eigenvalue weighted by atomic mass is 9.84. The van der Waals surface area contributed by atoms with E-state index in [9.17, 15) is 9.59 Å². The van der Waals surface area contributed by atoms with Crippen LogP contribution in [-0.4, -0.2) is 30.2 Å². The van der Waals surface area contributed by atoms with Gasteiger partial charge >= 0.3 is 6.09 Å². The molecule has 4 rings (SSSR count). The third kappa shape index (κ3) is 5.76. The molecule has 2 aliphatic carbocycles. The SMILES string of the molecule is CC(C)(C)NC(=O)[C@H](CC1CCCCC1)NC(=O)OCC1c2ccccc2-c2ccccc21. The second-order valence-corrected chi connectivity index (χ2v) is 10.5. The zero-order chi connectivity index (χ0) is 23.4. The van der Waals surface area contributed by atoms with E-state index in [2.05, 4.69) is 34.9 Å². The molecule has 1 saturated carbocycles. The molecule has 5 nitrogen and oxygen atoms in total. The lowest BCUT2D eigenvalue weighted by Crippen LogP contribution is -2.53. The molecule has 0 saturated heterocycles. The lowest BCUT2D eigenvalue weighted by Gasteiger charge is -2.29. The molecule has 1 fully saturated rings. The second kappa shape index (κ2) is 9.98. The van der Waals surface area contributed by atoms with Gasteiger partial charge in [0.25, 0.3) is 0 Å². The van der Waals surface area contributed by atoms with Crippen LogP contribution in [0.5, 0.6) is 0 Å². The number of carbonyl (C=O) groups excluding carboxylic acids is 2. The van der Waals surface area contributed by atoms with Crippen molar-refractivity contribution in [2.75, 3.05) is 6.61 Å². The van der Waals surface area contributed by atoms with Crippen LogP contribution in [-0.2, 0) is 9.53 Å². The van der Waals surface area contributed by atoms with Gasteiger partial charge in [-0.15, -0.1) is 0 Å². The van der Waals surface area contributed by atoms with Gasteiger partial charge in [0.15, 0.2) is 0 Å². The van der Waals surface area contributed by atoms with E-state index in [-0.39, 0.29) is 24.0 Å². The molecular formula is C28H36N2O3. The Labute approximate surface area is 197 Å². The summed E-state index contributed by atoms with van der Waals surface area (Å²) >= 11 is 0. The van der Waals surface area contributed by atoms with Gasteiger partial charge in [0.2, 0.25) is 5.91 Å². The van der Waals surface area contributed by atoms with Crippen LogP contribution >= 0.6 is 0 Å². The van der Waals surface area contributed by atoms with Gasteiger partial charge in [-0.25, -0.2) is 4.79 Å². The van der Waals surface area contributed by atoms with Crippen molar-refractivity contribution in [1.82, 2.24) is 10.6 Å². The first kappa shape index (κ1) is 23.3.